The van der Waals surface area contributed by atoms with Gasteiger partial charge in [0.2, 0.25) is 8.32 Å². The number of phenols is 1. The summed E-state index contributed by atoms with van der Waals surface area (Å²) in [5.74, 6) is 0.339. The summed E-state index contributed by atoms with van der Waals surface area (Å²) in [5, 5.41) is 10.2. The molecule has 2 aromatic rings. The van der Waals surface area contributed by atoms with Gasteiger partial charge in [0, 0.05) is 23.1 Å². The first-order valence-corrected chi connectivity index (χ1v) is 14.5. The molecule has 0 radical (unpaired) electrons. The lowest BCUT2D eigenvalue weighted by molar-refractivity contribution is 0.000188. The fourth-order valence-electron chi connectivity index (χ4n) is 5.09. The lowest BCUT2D eigenvalue weighted by Gasteiger charge is -2.35. The summed E-state index contributed by atoms with van der Waals surface area (Å²) in [7, 11) is -0.355. The first-order chi connectivity index (χ1) is 16.3. The average molecular weight is 481 g/mol. The van der Waals surface area contributed by atoms with E-state index in [-0.39, 0.29) is 51.8 Å². The van der Waals surface area contributed by atoms with Crippen molar-refractivity contribution in [2.24, 2.45) is 0 Å². The third kappa shape index (κ3) is 3.97. The van der Waals surface area contributed by atoms with Crippen molar-refractivity contribution >= 4 is 19.9 Å². The number of carbonyl (C=O) groups is 2. The molecule has 0 saturated carbocycles. The number of aromatic hydroxyl groups is 1. The monoisotopic (exact) mass is 480 g/mol. The zero-order chi connectivity index (χ0) is 24.6. The van der Waals surface area contributed by atoms with Crippen LogP contribution in [-0.4, -0.2) is 38.2 Å². The first kappa shape index (κ1) is 24.2. The van der Waals surface area contributed by atoms with E-state index in [1.807, 2.05) is 13.0 Å². The van der Waals surface area contributed by atoms with E-state index in [0.29, 0.717) is 17.7 Å². The van der Waals surface area contributed by atoms with Crippen LogP contribution in [0.4, 0.5) is 0 Å². The summed E-state index contributed by atoms with van der Waals surface area (Å²) in [6.45, 7) is 8.57. The Bertz CT molecular complexity index is 1160. The summed E-state index contributed by atoms with van der Waals surface area (Å²) in [5.41, 5.74) is 1.37. The van der Waals surface area contributed by atoms with Gasteiger partial charge in [-0.25, -0.2) is 0 Å². The number of ketones is 2. The highest BCUT2D eigenvalue weighted by Gasteiger charge is 2.38. The highest BCUT2D eigenvalue weighted by molar-refractivity contribution is 6.73. The SMILES string of the molecule is CC[Si](CC)(CC)OC1=C[C@@H](C)O[C@@H](c2ccc3c(c2OC)C(=O)c2cccc(O)c2C3=O)C1. The summed E-state index contributed by atoms with van der Waals surface area (Å²) < 4.78 is 18.6. The van der Waals surface area contributed by atoms with Gasteiger partial charge < -0.3 is 19.0 Å². The number of carbonyl (C=O) groups excluding carboxylic acids is 2. The van der Waals surface area contributed by atoms with E-state index in [0.717, 1.165) is 23.9 Å². The first-order valence-electron chi connectivity index (χ1n) is 12.0. The molecule has 0 fully saturated rings. The van der Waals surface area contributed by atoms with E-state index in [2.05, 4.69) is 20.8 Å². The zero-order valence-corrected chi connectivity index (χ0v) is 21.4. The molecule has 180 valence electrons. The third-order valence-electron chi connectivity index (χ3n) is 7.19. The number of benzene rings is 2. The van der Waals surface area contributed by atoms with Gasteiger partial charge in [-0.3, -0.25) is 9.59 Å². The Balaban J connectivity index is 1.74. The minimum atomic E-state index is -1.85. The molecule has 1 aliphatic heterocycles. The number of rotatable bonds is 7. The van der Waals surface area contributed by atoms with Gasteiger partial charge in [0.15, 0.2) is 11.6 Å². The fourth-order valence-corrected chi connectivity index (χ4v) is 7.73. The van der Waals surface area contributed by atoms with Gasteiger partial charge >= 0.3 is 0 Å². The molecule has 34 heavy (non-hydrogen) atoms. The highest BCUT2D eigenvalue weighted by atomic mass is 28.4. The van der Waals surface area contributed by atoms with Crippen LogP contribution in [0.15, 0.2) is 42.2 Å². The van der Waals surface area contributed by atoms with Gasteiger partial charge in [-0.15, -0.1) is 0 Å². The number of fused-ring (bicyclic) bond motifs is 2. The maximum atomic E-state index is 13.4. The van der Waals surface area contributed by atoms with Crippen LogP contribution in [0.1, 0.15) is 77.6 Å². The van der Waals surface area contributed by atoms with E-state index >= 15 is 0 Å². The molecule has 2 aromatic carbocycles. The topological polar surface area (TPSA) is 82.1 Å². The van der Waals surface area contributed by atoms with Crippen molar-refractivity contribution in [3.05, 3.63) is 70.0 Å². The average Bonchev–Trinajstić information content (AvgIpc) is 2.84. The molecule has 0 saturated heterocycles. The predicted octanol–water partition coefficient (Wildman–Crippen LogP) is 5.93. The van der Waals surface area contributed by atoms with Crippen LogP contribution >= 0.6 is 0 Å². The minimum absolute atomic E-state index is 0.0379. The Kier molecular flexibility index (Phi) is 6.69. The Morgan fingerprint density at radius 2 is 1.65 bits per heavy atom. The van der Waals surface area contributed by atoms with Crippen LogP contribution in [0.5, 0.6) is 11.5 Å². The molecule has 0 unspecified atom stereocenters. The van der Waals surface area contributed by atoms with E-state index < -0.39 is 8.32 Å². The Morgan fingerprint density at radius 3 is 2.29 bits per heavy atom. The second kappa shape index (κ2) is 9.39. The van der Waals surface area contributed by atoms with Crippen molar-refractivity contribution < 1.29 is 28.6 Å². The van der Waals surface area contributed by atoms with Gasteiger partial charge in [0.1, 0.15) is 11.5 Å². The molecule has 0 spiro atoms. The minimum Gasteiger partial charge on any atom is -0.547 e. The van der Waals surface area contributed by atoms with Crippen molar-refractivity contribution in [3.8, 4) is 11.5 Å². The van der Waals surface area contributed by atoms with Crippen molar-refractivity contribution in [2.75, 3.05) is 7.11 Å². The number of methoxy groups -OCH3 is 1. The molecular formula is C27H32O6Si. The highest BCUT2D eigenvalue weighted by Crippen LogP contribution is 2.44. The lowest BCUT2D eigenvalue weighted by atomic mass is 9.81. The molecule has 0 bridgehead atoms. The lowest BCUT2D eigenvalue weighted by Crippen LogP contribution is -2.36. The maximum absolute atomic E-state index is 13.4. The quantitative estimate of drug-likeness (QED) is 0.422. The number of phenolic OH excluding ortho intramolecular Hbond substituents is 1. The summed E-state index contributed by atoms with van der Waals surface area (Å²) >= 11 is 0. The number of ether oxygens (including phenoxy) is 2. The Hall–Kier alpha value is -2.90. The van der Waals surface area contributed by atoms with Crippen LogP contribution in [0.2, 0.25) is 18.1 Å². The second-order valence-electron chi connectivity index (χ2n) is 8.98. The maximum Gasteiger partial charge on any atom is 0.250 e. The van der Waals surface area contributed by atoms with E-state index in [1.54, 1.807) is 24.3 Å². The standard InChI is InChI=1S/C27H32O6Si/c1-6-34(7-2,8-3)33-17-14-16(4)32-22(15-17)18-12-13-20-24(27(18)31-5)26(30)19-10-9-11-21(28)23(19)25(20)29/h9-14,16,22,28H,6-8,15H2,1-5H3/t16-,22-/m1/s1. The van der Waals surface area contributed by atoms with Crippen LogP contribution in [0.3, 0.4) is 0 Å². The van der Waals surface area contributed by atoms with Crippen LogP contribution < -0.4 is 4.74 Å². The van der Waals surface area contributed by atoms with E-state index in [4.69, 9.17) is 13.9 Å². The summed E-state index contributed by atoms with van der Waals surface area (Å²) in [6.07, 6.45) is 2.04. The Morgan fingerprint density at radius 1 is 1.00 bits per heavy atom. The number of hydrogen-bond donors (Lipinski definition) is 1. The van der Waals surface area contributed by atoms with Crippen LogP contribution in [-0.2, 0) is 9.16 Å². The molecular weight excluding hydrogens is 448 g/mol. The largest absolute Gasteiger partial charge is 0.547 e. The van der Waals surface area contributed by atoms with Crippen molar-refractivity contribution in [2.45, 2.75) is 64.5 Å². The summed E-state index contributed by atoms with van der Waals surface area (Å²) in [6, 6.07) is 11.1. The van der Waals surface area contributed by atoms with Crippen molar-refractivity contribution in [1.29, 1.82) is 0 Å². The van der Waals surface area contributed by atoms with Gasteiger partial charge in [-0.2, -0.15) is 0 Å². The molecule has 2 atom stereocenters. The second-order valence-corrected chi connectivity index (χ2v) is 13.7. The third-order valence-corrected chi connectivity index (χ3v) is 11.8. The zero-order valence-electron chi connectivity index (χ0n) is 20.4. The van der Waals surface area contributed by atoms with Gasteiger partial charge in [-0.05, 0) is 43.3 Å². The molecule has 2 aliphatic rings. The van der Waals surface area contributed by atoms with Crippen LogP contribution in [0, 0.1) is 0 Å². The smallest absolute Gasteiger partial charge is 0.250 e. The summed E-state index contributed by atoms with van der Waals surface area (Å²) in [4.78, 5) is 26.6. The van der Waals surface area contributed by atoms with Gasteiger partial charge in [-0.1, -0.05) is 39.0 Å². The fraction of sp³-hybridized carbons (Fsp3) is 0.407. The van der Waals surface area contributed by atoms with Crippen molar-refractivity contribution in [1.82, 2.24) is 0 Å². The van der Waals surface area contributed by atoms with Gasteiger partial charge in [0.25, 0.3) is 0 Å². The molecule has 4 rings (SSSR count). The van der Waals surface area contributed by atoms with E-state index in [9.17, 15) is 14.7 Å². The normalized spacial score (nSPS) is 19.9. The van der Waals surface area contributed by atoms with Gasteiger partial charge in [0.05, 0.1) is 36.2 Å². The number of hydrogen-bond acceptors (Lipinski definition) is 6. The molecule has 0 aromatic heterocycles. The van der Waals surface area contributed by atoms with Crippen LogP contribution in [0.25, 0.3) is 0 Å². The molecule has 1 heterocycles. The predicted molar refractivity (Wildman–Crippen MR) is 132 cm³/mol. The Labute approximate surface area is 201 Å². The molecule has 1 aliphatic carbocycles. The molecule has 6 nitrogen and oxygen atoms in total. The molecule has 1 N–H and O–H groups in total. The molecule has 0 amide bonds. The van der Waals surface area contributed by atoms with E-state index in [1.165, 1.54) is 13.2 Å². The molecule has 7 heteroatoms. The van der Waals surface area contributed by atoms with Crippen molar-refractivity contribution in [3.63, 3.8) is 0 Å².